The van der Waals surface area contributed by atoms with Gasteiger partial charge in [-0.1, -0.05) is 0 Å². The van der Waals surface area contributed by atoms with Gasteiger partial charge in [-0.3, -0.25) is 5.73 Å². The molecule has 5 nitrogen and oxygen atoms in total. The van der Waals surface area contributed by atoms with Gasteiger partial charge in [0.05, 0.1) is 0 Å². The molecular weight excluding hydrogens is 229 g/mol. The van der Waals surface area contributed by atoms with Gasteiger partial charge >= 0.3 is 6.61 Å². The molecule has 0 amide bonds. The molecule has 74 valence electrons. The van der Waals surface area contributed by atoms with Gasteiger partial charge in [0, 0.05) is 0 Å². The molecule has 2 N–H and O–H groups in total. The van der Waals surface area contributed by atoms with Gasteiger partial charge in [0.2, 0.25) is 16.9 Å². The minimum Gasteiger partial charge on any atom is -0.290 e. The fraction of sp³-hybridized carbons (Fsp3) is 0.500. The van der Waals surface area contributed by atoms with Crippen molar-refractivity contribution in [2.75, 3.05) is 0 Å². The molecule has 1 aliphatic heterocycles. The van der Waals surface area contributed by atoms with E-state index in [-0.39, 0.29) is 5.29 Å². The van der Waals surface area contributed by atoms with Crippen LogP contribution in [0.2, 0.25) is 0 Å². The predicted molar refractivity (Wildman–Crippen MR) is 43.5 cm³/mol. The third-order valence-electron chi connectivity index (χ3n) is 1.04. The fourth-order valence-corrected chi connectivity index (χ4v) is 1.06. The number of hydrogen-bond acceptors (Lipinski definition) is 5. The highest BCUT2D eigenvalue weighted by Crippen LogP contribution is 2.13. The van der Waals surface area contributed by atoms with E-state index in [0.29, 0.717) is 5.06 Å². The first-order valence-electron chi connectivity index (χ1n) is 2.98. The summed E-state index contributed by atoms with van der Waals surface area (Å²) in [6.07, 6.45) is -1.22. The molecule has 1 aliphatic rings. The Morgan fingerprint density at radius 2 is 2.15 bits per heavy atom. The quantitative estimate of drug-likeness (QED) is 0.720. The maximum Gasteiger partial charge on any atom is 0.365 e. The van der Waals surface area contributed by atoms with E-state index in [2.05, 4.69) is 14.8 Å². The molecule has 0 aromatic carbocycles. The van der Waals surface area contributed by atoms with Crippen LogP contribution in [0.4, 0.5) is 8.78 Å². The molecule has 0 aromatic rings. The van der Waals surface area contributed by atoms with E-state index in [4.69, 9.17) is 28.9 Å². The van der Waals surface area contributed by atoms with Crippen molar-refractivity contribution in [3.8, 4) is 0 Å². The number of nitrogens with two attached hydrogens (primary N) is 1. The van der Waals surface area contributed by atoms with Gasteiger partial charge < -0.3 is 0 Å². The third kappa shape index (κ3) is 2.73. The summed E-state index contributed by atoms with van der Waals surface area (Å²) in [6.45, 7) is -3.05. The zero-order valence-corrected chi connectivity index (χ0v) is 7.51. The highest BCUT2D eigenvalue weighted by molar-refractivity contribution is 6.71. The first-order chi connectivity index (χ1) is 6.00. The van der Waals surface area contributed by atoms with E-state index in [1.54, 1.807) is 0 Å². The second-order valence-corrected chi connectivity index (χ2v) is 2.56. The lowest BCUT2D eigenvalue weighted by Crippen LogP contribution is -2.46. The van der Waals surface area contributed by atoms with Crippen molar-refractivity contribution < 1.29 is 13.6 Å². The van der Waals surface area contributed by atoms with Crippen molar-refractivity contribution in [3.05, 3.63) is 0 Å². The molecule has 0 spiro atoms. The molecule has 1 rings (SSSR count). The zero-order chi connectivity index (χ0) is 10.0. The molecule has 0 saturated heterocycles. The Hall–Kier alpha value is -0.500. The number of halogens is 4. The van der Waals surface area contributed by atoms with Crippen LogP contribution in [0, 0.1) is 0 Å². The topological polar surface area (TPSA) is 63.2 Å². The van der Waals surface area contributed by atoms with E-state index in [9.17, 15) is 8.78 Å². The van der Waals surface area contributed by atoms with Crippen LogP contribution in [0.15, 0.2) is 9.98 Å². The number of hydrogen-bond donors (Lipinski definition) is 1. The smallest absolute Gasteiger partial charge is 0.290 e. The molecule has 0 aromatic heterocycles. The molecule has 13 heavy (non-hydrogen) atoms. The van der Waals surface area contributed by atoms with Gasteiger partial charge in [-0.05, 0) is 23.2 Å². The average molecular weight is 233 g/mol. The van der Waals surface area contributed by atoms with Gasteiger partial charge in [0.25, 0.3) is 0 Å². The summed E-state index contributed by atoms with van der Waals surface area (Å²) in [4.78, 5) is 10.7. The van der Waals surface area contributed by atoms with Crippen LogP contribution >= 0.6 is 23.2 Å². The van der Waals surface area contributed by atoms with Crippen LogP contribution in [0.1, 0.15) is 0 Å². The molecule has 1 heterocycles. The van der Waals surface area contributed by atoms with Crippen LogP contribution in [0.25, 0.3) is 0 Å². The normalized spacial score (nSPS) is 23.2. The zero-order valence-electron chi connectivity index (χ0n) is 5.99. The Morgan fingerprint density at radius 3 is 2.62 bits per heavy atom. The van der Waals surface area contributed by atoms with Gasteiger partial charge in [-0.2, -0.15) is 23.7 Å². The molecule has 0 saturated carbocycles. The first-order valence-corrected chi connectivity index (χ1v) is 3.73. The number of amidine groups is 2. The summed E-state index contributed by atoms with van der Waals surface area (Å²) in [5.41, 5.74) is 5.24. The lowest BCUT2D eigenvalue weighted by molar-refractivity contribution is -0.260. The van der Waals surface area contributed by atoms with Gasteiger partial charge in [-0.15, -0.1) is 0 Å². The largest absolute Gasteiger partial charge is 0.365 e. The summed E-state index contributed by atoms with van der Waals surface area (Å²) in [6, 6.07) is 0. The van der Waals surface area contributed by atoms with Gasteiger partial charge in [0.1, 0.15) is 0 Å². The number of nitrogens with zero attached hydrogens (tertiary/aromatic N) is 3. The SMILES string of the molecule is NC1N=C(Cl)N=C(Cl)N1OC(F)F. The molecule has 0 bridgehead atoms. The molecule has 0 radical (unpaired) electrons. The lowest BCUT2D eigenvalue weighted by Gasteiger charge is -2.26. The van der Waals surface area contributed by atoms with Crippen molar-refractivity contribution in [3.63, 3.8) is 0 Å². The number of rotatable bonds is 2. The monoisotopic (exact) mass is 232 g/mol. The molecule has 1 unspecified atom stereocenters. The Balaban J connectivity index is 2.72. The highest BCUT2D eigenvalue weighted by atomic mass is 35.5. The number of alkyl halides is 2. The highest BCUT2D eigenvalue weighted by Gasteiger charge is 2.25. The Bertz CT molecular complexity index is 259. The van der Waals surface area contributed by atoms with Gasteiger partial charge in [-0.25, -0.2) is 4.99 Å². The Kier molecular flexibility index (Phi) is 3.37. The molecule has 0 fully saturated rings. The summed E-state index contributed by atoms with van der Waals surface area (Å²) in [5.74, 6) is 0. The van der Waals surface area contributed by atoms with Crippen molar-refractivity contribution in [2.24, 2.45) is 15.7 Å². The molecule has 9 heteroatoms. The molecule has 0 aliphatic carbocycles. The van der Waals surface area contributed by atoms with Crippen LogP contribution < -0.4 is 5.73 Å². The van der Waals surface area contributed by atoms with E-state index in [1.807, 2.05) is 0 Å². The fourth-order valence-electron chi connectivity index (χ4n) is 0.617. The molecule has 1 atom stereocenters. The first kappa shape index (κ1) is 10.6. The second kappa shape index (κ2) is 4.14. The average Bonchev–Trinajstić information content (AvgIpc) is 1.96. The minimum absolute atomic E-state index is 0.216. The third-order valence-corrected chi connectivity index (χ3v) is 1.47. The van der Waals surface area contributed by atoms with Crippen molar-refractivity contribution >= 4 is 33.8 Å². The minimum atomic E-state index is -3.05. The van der Waals surface area contributed by atoms with Crippen molar-refractivity contribution in [2.45, 2.75) is 12.9 Å². The Morgan fingerprint density at radius 1 is 1.54 bits per heavy atom. The van der Waals surface area contributed by atoms with E-state index in [0.717, 1.165) is 0 Å². The number of aliphatic imine (C=N–C) groups is 2. The van der Waals surface area contributed by atoms with E-state index < -0.39 is 18.2 Å². The second-order valence-electron chi connectivity index (χ2n) is 1.88. The lowest BCUT2D eigenvalue weighted by atomic mass is 10.8. The molecular formula is C4H4Cl2F2N4O. The van der Waals surface area contributed by atoms with Crippen molar-refractivity contribution in [1.82, 2.24) is 5.06 Å². The van der Waals surface area contributed by atoms with Gasteiger partial charge in [0.15, 0.2) is 0 Å². The maximum atomic E-state index is 11.7. The van der Waals surface area contributed by atoms with Crippen LogP contribution in [0.3, 0.4) is 0 Å². The van der Waals surface area contributed by atoms with Crippen LogP contribution in [-0.4, -0.2) is 28.6 Å². The van der Waals surface area contributed by atoms with Crippen molar-refractivity contribution in [1.29, 1.82) is 0 Å². The standard InChI is InChI=1S/C4H4Cl2F2N4O/c5-1-10-2(6)12(4(9)11-1)13-3(7)8/h3-4H,9H2. The van der Waals surface area contributed by atoms with E-state index >= 15 is 0 Å². The summed E-state index contributed by atoms with van der Waals surface area (Å²) < 4.78 is 23.5. The van der Waals surface area contributed by atoms with E-state index in [1.165, 1.54) is 0 Å². The van der Waals surface area contributed by atoms with Crippen LogP contribution in [-0.2, 0) is 4.84 Å². The van der Waals surface area contributed by atoms with Crippen LogP contribution in [0.5, 0.6) is 0 Å². The predicted octanol–water partition coefficient (Wildman–Crippen LogP) is 0.888. The Labute approximate surface area is 81.7 Å². The number of hydroxylamine groups is 2. The summed E-state index contributed by atoms with van der Waals surface area (Å²) >= 11 is 10.7. The summed E-state index contributed by atoms with van der Waals surface area (Å²) in [5, 5.41) is -0.155. The maximum absolute atomic E-state index is 11.7. The summed E-state index contributed by atoms with van der Waals surface area (Å²) in [7, 11) is 0.